The topological polar surface area (TPSA) is 63.2 Å². The van der Waals surface area contributed by atoms with E-state index in [1.54, 1.807) is 0 Å². The lowest BCUT2D eigenvalue weighted by molar-refractivity contribution is -0.0712. The molecule has 0 radical (unpaired) electrons. The molecule has 6 nitrogen and oxygen atoms in total. The predicted molar refractivity (Wildman–Crippen MR) is 92.7 cm³/mol. The highest BCUT2D eigenvalue weighted by Gasteiger charge is 2.29. The fourth-order valence-corrected chi connectivity index (χ4v) is 3.46. The van der Waals surface area contributed by atoms with Gasteiger partial charge in [0.1, 0.15) is 6.33 Å². The van der Waals surface area contributed by atoms with E-state index in [-0.39, 0.29) is 5.28 Å². The van der Waals surface area contributed by atoms with Crippen molar-refractivity contribution in [3.8, 4) is 0 Å². The Bertz CT molecular complexity index is 684. The zero-order valence-electron chi connectivity index (χ0n) is 13.4. The quantitative estimate of drug-likeness (QED) is 0.919. The summed E-state index contributed by atoms with van der Waals surface area (Å²) >= 11 is 5.77. The van der Waals surface area contributed by atoms with E-state index >= 15 is 0 Å². The van der Waals surface area contributed by atoms with Gasteiger partial charge in [-0.25, -0.2) is 9.97 Å². The van der Waals surface area contributed by atoms with Gasteiger partial charge < -0.3 is 10.1 Å². The van der Waals surface area contributed by atoms with E-state index in [1.807, 2.05) is 0 Å². The smallest absolute Gasteiger partial charge is 0.231 e. The van der Waals surface area contributed by atoms with Gasteiger partial charge in [0.2, 0.25) is 11.2 Å². The number of piperidine rings is 1. The lowest BCUT2D eigenvalue weighted by Crippen LogP contribution is -2.51. The van der Waals surface area contributed by atoms with Crippen LogP contribution in [0.15, 0.2) is 30.6 Å². The van der Waals surface area contributed by atoms with Gasteiger partial charge in [-0.3, -0.25) is 4.90 Å². The largest absolute Gasteiger partial charge is 0.378 e. The molecule has 0 spiro atoms. The highest BCUT2D eigenvalue weighted by molar-refractivity contribution is 6.28. The summed E-state index contributed by atoms with van der Waals surface area (Å²) in [7, 11) is 0. The van der Waals surface area contributed by atoms with E-state index in [1.165, 1.54) is 37.8 Å². The minimum Gasteiger partial charge on any atom is -0.378 e. The molecule has 2 aliphatic heterocycles. The van der Waals surface area contributed by atoms with E-state index < -0.39 is 0 Å². The minimum atomic E-state index is 0.188. The Morgan fingerprint density at radius 3 is 2.46 bits per heavy atom. The molecule has 2 aromatic rings. The summed E-state index contributed by atoms with van der Waals surface area (Å²) in [5, 5.41) is 3.33. The van der Waals surface area contributed by atoms with Crippen LogP contribution in [0, 0.1) is 0 Å². The third-order valence-electron chi connectivity index (χ3n) is 4.85. The first-order valence-corrected chi connectivity index (χ1v) is 8.69. The van der Waals surface area contributed by atoms with Gasteiger partial charge >= 0.3 is 0 Å². The second kappa shape index (κ2) is 7.01. The van der Waals surface area contributed by atoms with Crippen LogP contribution in [0.1, 0.15) is 24.3 Å². The number of hydrogen-bond donors (Lipinski definition) is 1. The van der Waals surface area contributed by atoms with Crippen molar-refractivity contribution in [2.45, 2.75) is 24.8 Å². The van der Waals surface area contributed by atoms with Gasteiger partial charge in [0, 0.05) is 5.69 Å². The van der Waals surface area contributed by atoms with Crippen molar-refractivity contribution in [3.63, 3.8) is 0 Å². The number of rotatable bonds is 4. The fraction of sp³-hybridized carbons (Fsp3) is 0.471. The van der Waals surface area contributed by atoms with E-state index in [4.69, 9.17) is 16.3 Å². The van der Waals surface area contributed by atoms with Crippen LogP contribution in [-0.4, -0.2) is 52.2 Å². The van der Waals surface area contributed by atoms with Crippen molar-refractivity contribution < 1.29 is 4.74 Å². The highest BCUT2D eigenvalue weighted by atomic mass is 35.5. The van der Waals surface area contributed by atoms with Gasteiger partial charge in [0.25, 0.3) is 0 Å². The number of anilines is 2. The van der Waals surface area contributed by atoms with E-state index in [9.17, 15) is 0 Å². The molecule has 24 heavy (non-hydrogen) atoms. The molecule has 126 valence electrons. The monoisotopic (exact) mass is 345 g/mol. The summed E-state index contributed by atoms with van der Waals surface area (Å²) < 4.78 is 5.30. The molecule has 0 bridgehead atoms. The lowest BCUT2D eigenvalue weighted by atomic mass is 9.88. The summed E-state index contributed by atoms with van der Waals surface area (Å²) in [5.74, 6) is 1.10. The maximum atomic E-state index is 5.77. The van der Waals surface area contributed by atoms with Crippen molar-refractivity contribution in [1.82, 2.24) is 19.9 Å². The molecule has 4 rings (SSSR count). The molecule has 2 aliphatic rings. The number of nitrogens with zero attached hydrogens (tertiary/aromatic N) is 4. The Morgan fingerprint density at radius 1 is 1.08 bits per heavy atom. The Labute approximate surface area is 146 Å². The summed E-state index contributed by atoms with van der Waals surface area (Å²) in [4.78, 5) is 14.4. The molecular formula is C17H20ClN5O. The Morgan fingerprint density at radius 2 is 1.83 bits per heavy atom. The number of halogens is 1. The molecule has 0 atom stereocenters. The third-order valence-corrected chi connectivity index (χ3v) is 5.03. The van der Waals surface area contributed by atoms with Gasteiger partial charge in [-0.1, -0.05) is 12.1 Å². The van der Waals surface area contributed by atoms with Gasteiger partial charge in [0.15, 0.2) is 0 Å². The van der Waals surface area contributed by atoms with Crippen molar-refractivity contribution in [2.24, 2.45) is 0 Å². The zero-order chi connectivity index (χ0) is 16.4. The Hall–Kier alpha value is -1.76. The number of nitrogens with one attached hydrogen (secondary N) is 1. The van der Waals surface area contributed by atoms with Crippen LogP contribution >= 0.6 is 11.6 Å². The predicted octanol–water partition coefficient (Wildman–Crippen LogP) is 2.85. The van der Waals surface area contributed by atoms with Crippen LogP contribution in [0.3, 0.4) is 0 Å². The van der Waals surface area contributed by atoms with E-state index in [0.29, 0.717) is 17.9 Å². The lowest BCUT2D eigenvalue weighted by Gasteiger charge is -2.41. The molecule has 0 saturated carbocycles. The number of ether oxygens (including phenoxy) is 1. The van der Waals surface area contributed by atoms with Crippen LogP contribution < -0.4 is 5.32 Å². The molecule has 0 amide bonds. The summed E-state index contributed by atoms with van der Waals surface area (Å²) in [6.45, 7) is 4.16. The van der Waals surface area contributed by atoms with Crippen LogP contribution in [0.5, 0.6) is 0 Å². The number of benzene rings is 1. The minimum absolute atomic E-state index is 0.188. The molecule has 2 fully saturated rings. The molecule has 1 aromatic carbocycles. The normalized spacial score (nSPS) is 19.9. The maximum absolute atomic E-state index is 5.77. The first kappa shape index (κ1) is 15.7. The van der Waals surface area contributed by atoms with E-state index in [2.05, 4.69) is 49.4 Å². The first-order chi connectivity index (χ1) is 11.8. The molecule has 3 heterocycles. The molecule has 0 aliphatic carbocycles. The molecule has 0 unspecified atom stereocenters. The Balaban J connectivity index is 1.35. The SMILES string of the molecule is Clc1ncnc(Nc2ccc(C3CCN(C4COC4)CC3)cc2)n1. The first-order valence-electron chi connectivity index (χ1n) is 8.31. The van der Waals surface area contributed by atoms with Gasteiger partial charge in [-0.05, 0) is 61.1 Å². The Kier molecular flexibility index (Phi) is 4.60. The van der Waals surface area contributed by atoms with Crippen LogP contribution in [0.4, 0.5) is 11.6 Å². The molecule has 1 aromatic heterocycles. The van der Waals surface area contributed by atoms with Gasteiger partial charge in [-0.15, -0.1) is 0 Å². The molecular weight excluding hydrogens is 326 g/mol. The third kappa shape index (κ3) is 3.50. The second-order valence-electron chi connectivity index (χ2n) is 6.33. The number of likely N-dealkylation sites (tertiary alicyclic amines) is 1. The van der Waals surface area contributed by atoms with Crippen molar-refractivity contribution >= 4 is 23.2 Å². The fourth-order valence-electron chi connectivity index (χ4n) is 3.34. The number of aromatic nitrogens is 3. The summed E-state index contributed by atoms with van der Waals surface area (Å²) in [6.07, 6.45) is 3.83. The van der Waals surface area contributed by atoms with Gasteiger partial charge in [-0.2, -0.15) is 4.98 Å². The maximum Gasteiger partial charge on any atom is 0.231 e. The van der Waals surface area contributed by atoms with Crippen molar-refractivity contribution in [1.29, 1.82) is 0 Å². The summed E-state index contributed by atoms with van der Waals surface area (Å²) in [5.41, 5.74) is 2.35. The standard InChI is InChI=1S/C17H20ClN5O/c18-16-19-11-20-17(22-16)21-14-3-1-12(2-4-14)13-5-7-23(8-6-13)15-9-24-10-15/h1-4,11,13,15H,5-10H2,(H,19,20,21,22). The van der Waals surface area contributed by atoms with E-state index in [0.717, 1.165) is 18.9 Å². The average Bonchev–Trinajstić information content (AvgIpc) is 2.55. The number of hydrogen-bond acceptors (Lipinski definition) is 6. The van der Waals surface area contributed by atoms with Crippen molar-refractivity contribution in [3.05, 3.63) is 41.4 Å². The van der Waals surface area contributed by atoms with Crippen LogP contribution in [0.25, 0.3) is 0 Å². The zero-order valence-corrected chi connectivity index (χ0v) is 14.1. The molecule has 7 heteroatoms. The van der Waals surface area contributed by atoms with Crippen LogP contribution in [0.2, 0.25) is 5.28 Å². The molecule has 1 N–H and O–H groups in total. The average molecular weight is 346 g/mol. The van der Waals surface area contributed by atoms with Crippen LogP contribution in [-0.2, 0) is 4.74 Å². The van der Waals surface area contributed by atoms with Crippen molar-refractivity contribution in [2.75, 3.05) is 31.6 Å². The van der Waals surface area contributed by atoms with Gasteiger partial charge in [0.05, 0.1) is 19.3 Å². The highest BCUT2D eigenvalue weighted by Crippen LogP contribution is 2.30. The second-order valence-corrected chi connectivity index (χ2v) is 6.66. The molecule has 2 saturated heterocycles. The summed E-state index contributed by atoms with van der Waals surface area (Å²) in [6, 6.07) is 9.18.